The van der Waals surface area contributed by atoms with Crippen LogP contribution in [0.2, 0.25) is 0 Å². The maximum Gasteiger partial charge on any atom is 0.136 e. The third-order valence-electron chi connectivity index (χ3n) is 13.5. The smallest absolute Gasteiger partial charge is 0.136 e. The molecular formula is C66H43NO2. The van der Waals surface area contributed by atoms with E-state index in [9.17, 15) is 0 Å². The summed E-state index contributed by atoms with van der Waals surface area (Å²) < 4.78 is 13.1. The molecule has 0 amide bonds. The average Bonchev–Trinajstić information content (AvgIpc) is 4.01. The van der Waals surface area contributed by atoms with Crippen molar-refractivity contribution in [2.75, 3.05) is 4.90 Å². The maximum atomic E-state index is 6.63. The van der Waals surface area contributed by atoms with Crippen molar-refractivity contribution in [3.8, 4) is 66.8 Å². The summed E-state index contributed by atoms with van der Waals surface area (Å²) in [5, 5.41) is 4.37. The van der Waals surface area contributed by atoms with Gasteiger partial charge in [0.25, 0.3) is 0 Å². The Balaban J connectivity index is 1.03. The molecule has 0 fully saturated rings. The summed E-state index contributed by atoms with van der Waals surface area (Å²) in [6, 6.07) is 93.1. The SMILES string of the molecule is c1ccc(-c2ccc(N(c3ccc(-c4c(-c5ccc6oc7ccccc7c6c5-c5ccccc5)ccc5oc6ccccc6c45)cc3)c3cc(-c4ccccc4)cc(-c4ccccc4)c3)cc2)cc1. The Kier molecular flexibility index (Phi) is 9.84. The first kappa shape index (κ1) is 40.1. The molecular weight excluding hydrogens is 839 g/mol. The fraction of sp³-hybridized carbons (Fsp3) is 0. The van der Waals surface area contributed by atoms with Gasteiger partial charge in [-0.2, -0.15) is 0 Å². The lowest BCUT2D eigenvalue weighted by Gasteiger charge is -2.27. The molecule has 2 heterocycles. The number of benzene rings is 11. The molecule has 0 radical (unpaired) electrons. The van der Waals surface area contributed by atoms with Gasteiger partial charge in [0.1, 0.15) is 22.3 Å². The highest BCUT2D eigenvalue weighted by molar-refractivity contribution is 6.20. The number of hydrogen-bond donors (Lipinski definition) is 0. The molecule has 2 aromatic heterocycles. The van der Waals surface area contributed by atoms with Crippen LogP contribution in [0.1, 0.15) is 0 Å². The quantitative estimate of drug-likeness (QED) is 0.145. The lowest BCUT2D eigenvalue weighted by Crippen LogP contribution is -2.10. The van der Waals surface area contributed by atoms with E-state index in [1.54, 1.807) is 0 Å². The number of para-hydroxylation sites is 2. The van der Waals surface area contributed by atoms with Crippen LogP contribution in [0.4, 0.5) is 17.1 Å². The molecule has 0 saturated heterocycles. The van der Waals surface area contributed by atoms with Gasteiger partial charge in [-0.05, 0) is 134 Å². The van der Waals surface area contributed by atoms with Crippen LogP contribution in [-0.4, -0.2) is 0 Å². The van der Waals surface area contributed by atoms with Gasteiger partial charge in [-0.15, -0.1) is 0 Å². The van der Waals surface area contributed by atoms with Gasteiger partial charge in [0.2, 0.25) is 0 Å². The van der Waals surface area contributed by atoms with E-state index in [0.29, 0.717) is 0 Å². The largest absolute Gasteiger partial charge is 0.456 e. The van der Waals surface area contributed by atoms with Crippen molar-refractivity contribution in [2.24, 2.45) is 0 Å². The Labute approximate surface area is 400 Å². The zero-order chi connectivity index (χ0) is 45.7. The second kappa shape index (κ2) is 16.9. The van der Waals surface area contributed by atoms with Crippen LogP contribution in [0.5, 0.6) is 0 Å². The predicted octanol–water partition coefficient (Wildman–Crippen LogP) is 19.0. The average molecular weight is 882 g/mol. The summed E-state index contributed by atoms with van der Waals surface area (Å²) >= 11 is 0. The van der Waals surface area contributed by atoms with Gasteiger partial charge in [-0.3, -0.25) is 0 Å². The molecule has 0 unspecified atom stereocenters. The molecule has 13 rings (SSSR count). The van der Waals surface area contributed by atoms with Gasteiger partial charge in [-0.1, -0.05) is 182 Å². The fourth-order valence-corrected chi connectivity index (χ4v) is 10.3. The first-order chi connectivity index (χ1) is 34.2. The number of anilines is 3. The summed E-state index contributed by atoms with van der Waals surface area (Å²) in [6.07, 6.45) is 0. The summed E-state index contributed by atoms with van der Waals surface area (Å²) in [5.41, 5.74) is 20.3. The lowest BCUT2D eigenvalue weighted by molar-refractivity contribution is 0.668. The Morgan fingerprint density at radius 1 is 0.232 bits per heavy atom. The lowest BCUT2D eigenvalue weighted by atomic mass is 9.85. The Hall–Kier alpha value is -9.18. The molecule has 69 heavy (non-hydrogen) atoms. The maximum absolute atomic E-state index is 6.63. The fourth-order valence-electron chi connectivity index (χ4n) is 10.3. The van der Waals surface area contributed by atoms with Crippen molar-refractivity contribution in [3.63, 3.8) is 0 Å². The molecule has 0 aliphatic rings. The zero-order valence-corrected chi connectivity index (χ0v) is 37.6. The number of hydrogen-bond acceptors (Lipinski definition) is 3. The molecule has 0 spiro atoms. The van der Waals surface area contributed by atoms with Crippen molar-refractivity contribution in [1.29, 1.82) is 0 Å². The van der Waals surface area contributed by atoms with Crippen LogP contribution in [0, 0.1) is 0 Å². The molecule has 0 saturated carbocycles. The minimum absolute atomic E-state index is 0.849. The third-order valence-corrected chi connectivity index (χ3v) is 13.5. The van der Waals surface area contributed by atoms with Crippen LogP contribution < -0.4 is 4.90 Å². The van der Waals surface area contributed by atoms with E-state index in [2.05, 4.69) is 254 Å². The van der Waals surface area contributed by atoms with Crippen molar-refractivity contribution < 1.29 is 8.83 Å². The van der Waals surface area contributed by atoms with E-state index in [4.69, 9.17) is 8.83 Å². The minimum Gasteiger partial charge on any atom is -0.456 e. The highest BCUT2D eigenvalue weighted by atomic mass is 16.3. The molecule has 0 atom stereocenters. The van der Waals surface area contributed by atoms with Crippen molar-refractivity contribution in [3.05, 3.63) is 261 Å². The summed E-state index contributed by atoms with van der Waals surface area (Å²) in [6.45, 7) is 0. The zero-order valence-electron chi connectivity index (χ0n) is 37.6. The number of nitrogens with zero attached hydrogens (tertiary/aromatic N) is 1. The van der Waals surface area contributed by atoms with Gasteiger partial charge in [0.15, 0.2) is 0 Å². The van der Waals surface area contributed by atoms with E-state index in [1.807, 2.05) is 12.1 Å². The van der Waals surface area contributed by atoms with E-state index >= 15 is 0 Å². The second-order valence-electron chi connectivity index (χ2n) is 17.6. The first-order valence-electron chi connectivity index (χ1n) is 23.5. The van der Waals surface area contributed by atoms with Crippen LogP contribution in [-0.2, 0) is 0 Å². The van der Waals surface area contributed by atoms with Crippen LogP contribution in [0.25, 0.3) is 111 Å². The van der Waals surface area contributed by atoms with E-state index < -0.39 is 0 Å². The van der Waals surface area contributed by atoms with Gasteiger partial charge in [0, 0.05) is 49.7 Å². The standard InChI is InChI=1S/C66H43NO2/c1-5-17-44(18-6-1)47-29-33-52(34-30-47)67(54-42-50(45-19-7-2-8-20-45)41-51(43-54)46-21-9-3-10-22-46)53-35-31-49(32-36-53)64-56(38-40-62-66(64)58-26-14-16-28-60(58)69-62)55-37-39-61-65(57-25-13-15-27-59(57)68-61)63(55)48-23-11-4-12-24-48/h1-43H. The van der Waals surface area contributed by atoms with Crippen LogP contribution >= 0.6 is 0 Å². The molecule has 0 aliphatic heterocycles. The van der Waals surface area contributed by atoms with E-state index in [1.165, 1.54) is 11.1 Å². The first-order valence-corrected chi connectivity index (χ1v) is 23.5. The summed E-state index contributed by atoms with van der Waals surface area (Å²) in [5.74, 6) is 0. The normalized spacial score (nSPS) is 11.5. The van der Waals surface area contributed by atoms with Crippen molar-refractivity contribution in [1.82, 2.24) is 0 Å². The Morgan fingerprint density at radius 3 is 1.03 bits per heavy atom. The Morgan fingerprint density at radius 2 is 0.580 bits per heavy atom. The predicted molar refractivity (Wildman–Crippen MR) is 288 cm³/mol. The van der Waals surface area contributed by atoms with Gasteiger partial charge < -0.3 is 13.7 Å². The summed E-state index contributed by atoms with van der Waals surface area (Å²) in [4.78, 5) is 2.39. The van der Waals surface area contributed by atoms with Crippen LogP contribution in [0.3, 0.4) is 0 Å². The number of furan rings is 2. The van der Waals surface area contributed by atoms with E-state index in [-0.39, 0.29) is 0 Å². The molecule has 11 aromatic carbocycles. The molecule has 324 valence electrons. The second-order valence-corrected chi connectivity index (χ2v) is 17.6. The van der Waals surface area contributed by atoms with Gasteiger partial charge >= 0.3 is 0 Å². The number of rotatable bonds is 9. The summed E-state index contributed by atoms with van der Waals surface area (Å²) in [7, 11) is 0. The van der Waals surface area contributed by atoms with E-state index in [0.717, 1.165) is 117 Å². The molecule has 3 nitrogen and oxygen atoms in total. The molecule has 13 aromatic rings. The molecule has 0 bridgehead atoms. The number of fused-ring (bicyclic) bond motifs is 6. The minimum atomic E-state index is 0.849. The van der Waals surface area contributed by atoms with Gasteiger partial charge in [-0.25, -0.2) is 0 Å². The highest BCUT2D eigenvalue weighted by Crippen LogP contribution is 2.49. The van der Waals surface area contributed by atoms with Gasteiger partial charge in [0.05, 0.1) is 0 Å². The third kappa shape index (κ3) is 7.16. The molecule has 0 N–H and O–H groups in total. The van der Waals surface area contributed by atoms with Crippen LogP contribution in [0.15, 0.2) is 270 Å². The molecule has 3 heteroatoms. The van der Waals surface area contributed by atoms with Crippen molar-refractivity contribution >= 4 is 60.9 Å². The monoisotopic (exact) mass is 881 g/mol. The Bertz CT molecular complexity index is 3910. The highest BCUT2D eigenvalue weighted by Gasteiger charge is 2.24. The molecule has 0 aliphatic carbocycles. The topological polar surface area (TPSA) is 29.5 Å². The van der Waals surface area contributed by atoms with Crippen molar-refractivity contribution in [2.45, 2.75) is 0 Å².